The first-order chi connectivity index (χ1) is 13.0. The topological polar surface area (TPSA) is 46.6 Å². The molecule has 1 aliphatic rings. The fraction of sp³-hybridized carbons (Fsp3) is 0.304. The number of aryl methyl sites for hydroxylation is 2. The molecule has 2 aromatic rings. The molecule has 0 atom stereocenters. The standard InChI is InChI=1S/C23H25NO3/c1-17-5-6-19(18(2)15-17)9-12-22(25)20-7-10-21(11-8-20)27-16-23(26)24-13-3-4-14-24/h5-12,15H,3-4,13-14,16H2,1-2H3/b12-9+. The fourth-order valence-corrected chi connectivity index (χ4v) is 3.19. The molecule has 4 heteroatoms. The molecule has 0 unspecified atom stereocenters. The van der Waals surface area contributed by atoms with Gasteiger partial charge in [-0.25, -0.2) is 0 Å². The van der Waals surface area contributed by atoms with Crippen molar-refractivity contribution in [1.29, 1.82) is 0 Å². The van der Waals surface area contributed by atoms with Crippen LogP contribution in [-0.4, -0.2) is 36.3 Å². The van der Waals surface area contributed by atoms with Crippen LogP contribution in [0.1, 0.15) is 39.9 Å². The maximum absolute atomic E-state index is 12.4. The van der Waals surface area contributed by atoms with Crippen LogP contribution in [0.3, 0.4) is 0 Å². The van der Waals surface area contributed by atoms with Gasteiger partial charge in [-0.2, -0.15) is 0 Å². The minimum Gasteiger partial charge on any atom is -0.484 e. The predicted molar refractivity (Wildman–Crippen MR) is 107 cm³/mol. The van der Waals surface area contributed by atoms with E-state index in [2.05, 4.69) is 6.07 Å². The number of carbonyl (C=O) groups is 2. The molecule has 1 aliphatic heterocycles. The number of nitrogens with zero attached hydrogens (tertiary/aromatic N) is 1. The predicted octanol–water partition coefficient (Wildman–Crippen LogP) is 4.20. The first-order valence-electron chi connectivity index (χ1n) is 9.33. The quantitative estimate of drug-likeness (QED) is 0.571. The van der Waals surface area contributed by atoms with Gasteiger partial charge in [-0.05, 0) is 68.2 Å². The van der Waals surface area contributed by atoms with E-state index in [1.165, 1.54) is 5.56 Å². The molecular weight excluding hydrogens is 338 g/mol. The van der Waals surface area contributed by atoms with E-state index >= 15 is 0 Å². The van der Waals surface area contributed by atoms with Crippen LogP contribution in [0.2, 0.25) is 0 Å². The number of likely N-dealkylation sites (tertiary alicyclic amines) is 1. The molecule has 3 rings (SSSR count). The summed E-state index contributed by atoms with van der Waals surface area (Å²) in [6, 6.07) is 13.1. The van der Waals surface area contributed by atoms with Crippen LogP contribution in [0.25, 0.3) is 6.08 Å². The second kappa shape index (κ2) is 8.67. The SMILES string of the molecule is Cc1ccc(/C=C/C(=O)c2ccc(OCC(=O)N3CCCC3)cc2)c(C)c1. The van der Waals surface area contributed by atoms with Gasteiger partial charge < -0.3 is 9.64 Å². The van der Waals surface area contributed by atoms with Gasteiger partial charge in [-0.15, -0.1) is 0 Å². The number of amides is 1. The van der Waals surface area contributed by atoms with Crippen molar-refractivity contribution in [2.75, 3.05) is 19.7 Å². The summed E-state index contributed by atoms with van der Waals surface area (Å²) in [5.41, 5.74) is 3.98. The summed E-state index contributed by atoms with van der Waals surface area (Å²) >= 11 is 0. The van der Waals surface area contributed by atoms with Crippen molar-refractivity contribution in [3.63, 3.8) is 0 Å². The minimum atomic E-state index is -0.0605. The Morgan fingerprint density at radius 2 is 1.74 bits per heavy atom. The van der Waals surface area contributed by atoms with Gasteiger partial charge >= 0.3 is 0 Å². The van der Waals surface area contributed by atoms with Crippen LogP contribution >= 0.6 is 0 Å². The van der Waals surface area contributed by atoms with Crippen molar-refractivity contribution in [3.05, 3.63) is 70.8 Å². The van der Waals surface area contributed by atoms with Gasteiger partial charge in [0.1, 0.15) is 5.75 Å². The molecule has 0 spiro atoms. The monoisotopic (exact) mass is 363 g/mol. The Labute approximate surface area is 160 Å². The van der Waals surface area contributed by atoms with E-state index in [1.54, 1.807) is 30.3 Å². The summed E-state index contributed by atoms with van der Waals surface area (Å²) in [7, 11) is 0. The lowest BCUT2D eigenvalue weighted by atomic mass is 10.0. The number of ether oxygens (including phenoxy) is 1. The Morgan fingerprint density at radius 3 is 2.41 bits per heavy atom. The highest BCUT2D eigenvalue weighted by atomic mass is 16.5. The molecular formula is C23H25NO3. The highest BCUT2D eigenvalue weighted by Crippen LogP contribution is 2.16. The fourth-order valence-electron chi connectivity index (χ4n) is 3.19. The Hall–Kier alpha value is -2.88. The molecule has 0 saturated carbocycles. The van der Waals surface area contributed by atoms with Crippen LogP contribution in [0.15, 0.2) is 48.5 Å². The van der Waals surface area contributed by atoms with E-state index in [0.29, 0.717) is 11.3 Å². The first-order valence-corrected chi connectivity index (χ1v) is 9.33. The number of hydrogen-bond donors (Lipinski definition) is 0. The summed E-state index contributed by atoms with van der Waals surface area (Å²) in [5, 5.41) is 0. The number of ketones is 1. The van der Waals surface area contributed by atoms with Crippen LogP contribution in [0, 0.1) is 13.8 Å². The molecule has 0 N–H and O–H groups in total. The maximum Gasteiger partial charge on any atom is 0.260 e. The molecule has 2 aromatic carbocycles. The third-order valence-electron chi connectivity index (χ3n) is 4.80. The summed E-state index contributed by atoms with van der Waals surface area (Å²) in [6.45, 7) is 5.77. The minimum absolute atomic E-state index is 0.0176. The average Bonchev–Trinajstić information content (AvgIpc) is 3.20. The van der Waals surface area contributed by atoms with Crippen molar-refractivity contribution in [1.82, 2.24) is 4.90 Å². The summed E-state index contributed by atoms with van der Waals surface area (Å²) in [5.74, 6) is 0.552. The number of hydrogen-bond acceptors (Lipinski definition) is 3. The normalized spacial score (nSPS) is 13.9. The van der Waals surface area contributed by atoms with Gasteiger partial charge in [0.05, 0.1) is 0 Å². The smallest absolute Gasteiger partial charge is 0.260 e. The molecule has 27 heavy (non-hydrogen) atoms. The third kappa shape index (κ3) is 5.07. The van der Waals surface area contributed by atoms with E-state index in [1.807, 2.05) is 37.0 Å². The molecule has 1 fully saturated rings. The number of allylic oxidation sites excluding steroid dienone is 1. The van der Waals surface area contributed by atoms with E-state index in [-0.39, 0.29) is 18.3 Å². The second-order valence-corrected chi connectivity index (χ2v) is 6.96. The lowest BCUT2D eigenvalue weighted by molar-refractivity contribution is -0.132. The maximum atomic E-state index is 12.4. The van der Waals surface area contributed by atoms with Gasteiger partial charge in [-0.1, -0.05) is 29.8 Å². The van der Waals surface area contributed by atoms with Gasteiger partial charge in [-0.3, -0.25) is 9.59 Å². The van der Waals surface area contributed by atoms with Gasteiger partial charge in [0, 0.05) is 18.7 Å². The van der Waals surface area contributed by atoms with Gasteiger partial charge in [0.25, 0.3) is 5.91 Å². The molecule has 1 saturated heterocycles. The highest BCUT2D eigenvalue weighted by molar-refractivity contribution is 6.06. The number of benzene rings is 2. The number of carbonyl (C=O) groups excluding carboxylic acids is 2. The van der Waals surface area contributed by atoms with E-state index in [4.69, 9.17) is 4.74 Å². The van der Waals surface area contributed by atoms with Gasteiger partial charge in [0.2, 0.25) is 0 Å². The molecule has 4 nitrogen and oxygen atoms in total. The van der Waals surface area contributed by atoms with Crippen LogP contribution < -0.4 is 4.74 Å². The summed E-state index contributed by atoms with van der Waals surface area (Å²) in [4.78, 5) is 26.2. The lowest BCUT2D eigenvalue weighted by Crippen LogP contribution is -2.32. The third-order valence-corrected chi connectivity index (χ3v) is 4.80. The molecule has 0 aliphatic carbocycles. The first kappa shape index (κ1) is 18.9. The molecule has 1 amide bonds. The van der Waals surface area contributed by atoms with Crippen LogP contribution in [0.5, 0.6) is 5.75 Å². The van der Waals surface area contributed by atoms with Crippen molar-refractivity contribution < 1.29 is 14.3 Å². The second-order valence-electron chi connectivity index (χ2n) is 6.96. The summed E-state index contributed by atoms with van der Waals surface area (Å²) < 4.78 is 5.55. The van der Waals surface area contributed by atoms with E-state index in [9.17, 15) is 9.59 Å². The molecule has 0 bridgehead atoms. The number of rotatable bonds is 6. The highest BCUT2D eigenvalue weighted by Gasteiger charge is 2.18. The van der Waals surface area contributed by atoms with Crippen LogP contribution in [-0.2, 0) is 4.79 Å². The van der Waals surface area contributed by atoms with Gasteiger partial charge in [0.15, 0.2) is 12.4 Å². The average molecular weight is 363 g/mol. The van der Waals surface area contributed by atoms with E-state index < -0.39 is 0 Å². The van der Waals surface area contributed by atoms with Crippen molar-refractivity contribution >= 4 is 17.8 Å². The molecule has 0 aromatic heterocycles. The van der Waals surface area contributed by atoms with Crippen molar-refractivity contribution in [2.24, 2.45) is 0 Å². The lowest BCUT2D eigenvalue weighted by Gasteiger charge is -2.15. The Balaban J connectivity index is 1.56. The molecule has 1 heterocycles. The largest absolute Gasteiger partial charge is 0.484 e. The Kier molecular flexibility index (Phi) is 6.07. The van der Waals surface area contributed by atoms with Crippen LogP contribution in [0.4, 0.5) is 0 Å². The van der Waals surface area contributed by atoms with Crippen molar-refractivity contribution in [2.45, 2.75) is 26.7 Å². The summed E-state index contributed by atoms with van der Waals surface area (Å²) in [6.07, 6.45) is 5.57. The van der Waals surface area contributed by atoms with E-state index in [0.717, 1.165) is 37.1 Å². The molecule has 0 radical (unpaired) electrons. The zero-order valence-electron chi connectivity index (χ0n) is 15.9. The Bertz CT molecular complexity index is 846. The Morgan fingerprint density at radius 1 is 1.04 bits per heavy atom. The van der Waals surface area contributed by atoms with Crippen molar-refractivity contribution in [3.8, 4) is 5.75 Å². The zero-order valence-corrected chi connectivity index (χ0v) is 15.9. The zero-order chi connectivity index (χ0) is 19.2. The molecule has 140 valence electrons.